The summed E-state index contributed by atoms with van der Waals surface area (Å²) in [7, 11) is 0. The van der Waals surface area contributed by atoms with Gasteiger partial charge in [0.25, 0.3) is 0 Å². The number of fused-ring (bicyclic) bond motifs is 1. The van der Waals surface area contributed by atoms with E-state index in [9.17, 15) is 10.2 Å². The van der Waals surface area contributed by atoms with Crippen molar-refractivity contribution in [2.24, 2.45) is 20.5 Å². The summed E-state index contributed by atoms with van der Waals surface area (Å²) in [5.74, 6) is -0.118. The van der Waals surface area contributed by atoms with Crippen LogP contribution in [0, 0.1) is 13.8 Å². The summed E-state index contributed by atoms with van der Waals surface area (Å²) < 4.78 is 0. The van der Waals surface area contributed by atoms with Crippen LogP contribution in [0.2, 0.25) is 0 Å². The molecule has 0 amide bonds. The van der Waals surface area contributed by atoms with Crippen LogP contribution >= 0.6 is 0 Å². The molecule has 0 bridgehead atoms. The maximum absolute atomic E-state index is 10.5. The fraction of sp³-hybridized carbons (Fsp3) is 0.0833. The van der Waals surface area contributed by atoms with Crippen molar-refractivity contribution in [3.05, 3.63) is 83.9 Å². The molecule has 0 atom stereocenters. The molecule has 148 valence electrons. The molecule has 6 heteroatoms. The van der Waals surface area contributed by atoms with Gasteiger partial charge < -0.3 is 10.2 Å². The van der Waals surface area contributed by atoms with Gasteiger partial charge in [0.05, 0.1) is 11.4 Å². The van der Waals surface area contributed by atoms with Gasteiger partial charge in [-0.15, -0.1) is 10.2 Å². The number of phenolic OH excluding ortho intramolecular Hbond substituents is 2. The zero-order valence-electron chi connectivity index (χ0n) is 16.6. The van der Waals surface area contributed by atoms with Crippen molar-refractivity contribution in [1.29, 1.82) is 0 Å². The summed E-state index contributed by atoms with van der Waals surface area (Å²) in [4.78, 5) is 0. The van der Waals surface area contributed by atoms with E-state index in [1.807, 2.05) is 62.4 Å². The summed E-state index contributed by atoms with van der Waals surface area (Å²) in [5, 5.41) is 39.2. The predicted octanol–water partition coefficient (Wildman–Crippen LogP) is 7.70. The number of aryl methyl sites for hydroxylation is 2. The molecule has 0 fully saturated rings. The first-order chi connectivity index (χ1) is 14.5. The van der Waals surface area contributed by atoms with Gasteiger partial charge >= 0.3 is 0 Å². The molecule has 4 rings (SSSR count). The molecule has 0 radical (unpaired) electrons. The van der Waals surface area contributed by atoms with E-state index in [4.69, 9.17) is 0 Å². The van der Waals surface area contributed by atoms with Crippen LogP contribution in [0.4, 0.5) is 22.7 Å². The normalized spacial score (nSPS) is 11.7. The van der Waals surface area contributed by atoms with Crippen molar-refractivity contribution in [2.75, 3.05) is 0 Å². The number of rotatable bonds is 4. The van der Waals surface area contributed by atoms with Gasteiger partial charge in [-0.2, -0.15) is 10.2 Å². The van der Waals surface area contributed by atoms with Crippen LogP contribution in [0.15, 0.2) is 93.3 Å². The third-order valence-electron chi connectivity index (χ3n) is 4.62. The van der Waals surface area contributed by atoms with Gasteiger partial charge in [0, 0.05) is 5.39 Å². The maximum atomic E-state index is 10.5. The zero-order chi connectivity index (χ0) is 21.1. The van der Waals surface area contributed by atoms with Crippen molar-refractivity contribution in [1.82, 2.24) is 0 Å². The number of aromatic hydroxyl groups is 2. The standard InChI is InChI=1S/C24H20N4O2/c1-15-5-3-7-18(13-15)25-27-23-20(29)11-9-17-10-12-21(30)24(22(17)23)28-26-19-8-4-6-16(2)14-19/h3-14,29-30H,1-2H3. The Kier molecular flexibility index (Phi) is 5.22. The minimum atomic E-state index is -0.0588. The Labute approximate surface area is 173 Å². The van der Waals surface area contributed by atoms with Crippen LogP contribution < -0.4 is 0 Å². The highest BCUT2D eigenvalue weighted by Gasteiger charge is 2.15. The molecule has 0 unspecified atom stereocenters. The summed E-state index contributed by atoms with van der Waals surface area (Å²) in [5.41, 5.74) is 3.88. The molecule has 0 saturated heterocycles. The first kappa shape index (κ1) is 19.3. The van der Waals surface area contributed by atoms with Gasteiger partial charge in [-0.3, -0.25) is 0 Å². The Bertz CT molecular complexity index is 1200. The van der Waals surface area contributed by atoms with Crippen LogP contribution in [0.1, 0.15) is 11.1 Å². The number of benzene rings is 4. The van der Waals surface area contributed by atoms with E-state index in [1.54, 1.807) is 24.3 Å². The Morgan fingerprint density at radius 3 is 1.47 bits per heavy atom. The summed E-state index contributed by atoms with van der Waals surface area (Å²) in [6, 6.07) is 21.7. The quantitative estimate of drug-likeness (QED) is 0.346. The Morgan fingerprint density at radius 2 is 1.03 bits per heavy atom. The second-order valence-corrected chi connectivity index (χ2v) is 7.04. The van der Waals surface area contributed by atoms with Crippen molar-refractivity contribution in [3.63, 3.8) is 0 Å². The highest BCUT2D eigenvalue weighted by atomic mass is 16.3. The second-order valence-electron chi connectivity index (χ2n) is 7.04. The molecule has 6 nitrogen and oxygen atoms in total. The lowest BCUT2D eigenvalue weighted by Crippen LogP contribution is -1.79. The lowest BCUT2D eigenvalue weighted by Gasteiger charge is -2.08. The van der Waals surface area contributed by atoms with E-state index >= 15 is 0 Å². The molecule has 4 aromatic rings. The summed E-state index contributed by atoms with van der Waals surface area (Å²) in [6.07, 6.45) is 0. The zero-order valence-corrected chi connectivity index (χ0v) is 16.6. The fourth-order valence-electron chi connectivity index (χ4n) is 3.16. The summed E-state index contributed by atoms with van der Waals surface area (Å²) >= 11 is 0. The van der Waals surface area contributed by atoms with Crippen molar-refractivity contribution in [2.45, 2.75) is 13.8 Å². The maximum Gasteiger partial charge on any atom is 0.143 e. The molecule has 30 heavy (non-hydrogen) atoms. The molecule has 0 aliphatic rings. The number of nitrogens with zero attached hydrogens (tertiary/aromatic N) is 4. The Hall–Kier alpha value is -4.06. The molecular formula is C24H20N4O2. The lowest BCUT2D eigenvalue weighted by molar-refractivity contribution is 0.475. The largest absolute Gasteiger partial charge is 0.506 e. The van der Waals surface area contributed by atoms with E-state index in [2.05, 4.69) is 20.5 Å². The SMILES string of the molecule is Cc1cccc(N=Nc2c(O)ccc3ccc(O)c(N=Nc4cccc(C)c4)c23)c1. The Balaban J connectivity index is 1.86. The molecule has 0 heterocycles. The molecule has 0 aliphatic heterocycles. The van der Waals surface area contributed by atoms with Crippen molar-refractivity contribution in [3.8, 4) is 11.5 Å². The molecule has 0 saturated carbocycles. The van der Waals surface area contributed by atoms with Crippen molar-refractivity contribution >= 4 is 33.5 Å². The Morgan fingerprint density at radius 1 is 0.567 bits per heavy atom. The molecule has 0 aromatic heterocycles. The highest BCUT2D eigenvalue weighted by Crippen LogP contribution is 2.45. The fourth-order valence-corrected chi connectivity index (χ4v) is 3.16. The molecule has 4 aromatic carbocycles. The number of hydrogen-bond acceptors (Lipinski definition) is 6. The topological polar surface area (TPSA) is 89.9 Å². The van der Waals surface area contributed by atoms with Gasteiger partial charge in [0.1, 0.15) is 22.9 Å². The molecule has 0 spiro atoms. The number of phenols is 2. The molecular weight excluding hydrogens is 376 g/mol. The smallest absolute Gasteiger partial charge is 0.143 e. The predicted molar refractivity (Wildman–Crippen MR) is 118 cm³/mol. The average molecular weight is 396 g/mol. The average Bonchev–Trinajstić information content (AvgIpc) is 2.72. The van der Waals surface area contributed by atoms with Crippen molar-refractivity contribution < 1.29 is 10.2 Å². The lowest BCUT2D eigenvalue weighted by atomic mass is 10.1. The molecule has 2 N–H and O–H groups in total. The van der Waals surface area contributed by atoms with Gasteiger partial charge in [-0.05, 0) is 66.8 Å². The van der Waals surface area contributed by atoms with E-state index in [0.717, 1.165) is 16.5 Å². The van der Waals surface area contributed by atoms with Crippen LogP contribution in [0.3, 0.4) is 0 Å². The van der Waals surface area contributed by atoms with Gasteiger partial charge in [-0.1, -0.05) is 36.4 Å². The van der Waals surface area contributed by atoms with Crippen LogP contribution in [-0.4, -0.2) is 10.2 Å². The molecule has 0 aliphatic carbocycles. The van der Waals surface area contributed by atoms with E-state index < -0.39 is 0 Å². The van der Waals surface area contributed by atoms with Gasteiger partial charge in [0.2, 0.25) is 0 Å². The summed E-state index contributed by atoms with van der Waals surface area (Å²) in [6.45, 7) is 3.94. The van der Waals surface area contributed by atoms with Crippen LogP contribution in [-0.2, 0) is 0 Å². The minimum Gasteiger partial charge on any atom is -0.506 e. The second kappa shape index (κ2) is 8.13. The number of hydrogen-bond donors (Lipinski definition) is 2. The first-order valence-electron chi connectivity index (χ1n) is 9.46. The van der Waals surface area contributed by atoms with Gasteiger partial charge in [0.15, 0.2) is 0 Å². The van der Waals surface area contributed by atoms with Crippen LogP contribution in [0.25, 0.3) is 10.8 Å². The van der Waals surface area contributed by atoms with Crippen LogP contribution in [0.5, 0.6) is 11.5 Å². The minimum absolute atomic E-state index is 0.0588. The van der Waals surface area contributed by atoms with E-state index in [1.165, 1.54) is 0 Å². The van der Waals surface area contributed by atoms with E-state index in [-0.39, 0.29) is 22.9 Å². The van der Waals surface area contributed by atoms with E-state index in [0.29, 0.717) is 16.8 Å². The third kappa shape index (κ3) is 4.03. The highest BCUT2D eigenvalue weighted by molar-refractivity contribution is 6.05. The number of azo groups is 2. The monoisotopic (exact) mass is 396 g/mol. The van der Waals surface area contributed by atoms with Gasteiger partial charge in [-0.25, -0.2) is 0 Å². The first-order valence-corrected chi connectivity index (χ1v) is 9.46. The third-order valence-corrected chi connectivity index (χ3v) is 4.62.